The van der Waals surface area contributed by atoms with E-state index in [4.69, 9.17) is 18.9 Å². The van der Waals surface area contributed by atoms with Gasteiger partial charge in [-0.05, 0) is 17.7 Å². The Kier molecular flexibility index (Phi) is 4.20. The molecule has 2 aromatic carbocycles. The lowest BCUT2D eigenvalue weighted by Gasteiger charge is -2.28. The van der Waals surface area contributed by atoms with Crippen LogP contribution >= 0.6 is 0 Å². The average Bonchev–Trinajstić information content (AvgIpc) is 2.60. The van der Waals surface area contributed by atoms with Crippen LogP contribution in [-0.2, 0) is 0 Å². The van der Waals surface area contributed by atoms with Gasteiger partial charge in [-0.2, -0.15) is 0 Å². The first kappa shape index (κ1) is 16.0. The highest BCUT2D eigenvalue weighted by Crippen LogP contribution is 2.49. The van der Waals surface area contributed by atoms with Crippen LogP contribution < -0.4 is 18.9 Å². The molecule has 24 heavy (non-hydrogen) atoms. The minimum absolute atomic E-state index is 0.114. The summed E-state index contributed by atoms with van der Waals surface area (Å²) in [6.07, 6.45) is -0.385. The number of rotatable bonds is 4. The molecule has 0 fully saturated rings. The Morgan fingerprint density at radius 3 is 2.58 bits per heavy atom. The minimum Gasteiger partial charge on any atom is -0.507 e. The lowest BCUT2D eigenvalue weighted by Crippen LogP contribution is -2.21. The van der Waals surface area contributed by atoms with Crippen molar-refractivity contribution in [1.82, 2.24) is 0 Å². The van der Waals surface area contributed by atoms with Crippen LogP contribution in [-0.4, -0.2) is 32.2 Å². The zero-order chi connectivity index (χ0) is 17.3. The Labute approximate surface area is 139 Å². The summed E-state index contributed by atoms with van der Waals surface area (Å²) in [5.41, 5.74) is 0.921. The zero-order valence-electron chi connectivity index (χ0n) is 13.7. The van der Waals surface area contributed by atoms with E-state index in [1.807, 2.05) is 24.3 Å². The summed E-state index contributed by atoms with van der Waals surface area (Å²) in [4.78, 5) is 12.5. The molecule has 0 saturated heterocycles. The van der Waals surface area contributed by atoms with Crippen LogP contribution in [0.5, 0.6) is 28.7 Å². The van der Waals surface area contributed by atoms with Crippen LogP contribution in [0.15, 0.2) is 30.3 Å². The molecule has 126 valence electrons. The summed E-state index contributed by atoms with van der Waals surface area (Å²) in [5, 5.41) is 10.1. The fraction of sp³-hybridized carbons (Fsp3) is 0.278. The average molecular weight is 330 g/mol. The van der Waals surface area contributed by atoms with Crippen LogP contribution in [0.2, 0.25) is 0 Å². The Bertz CT molecular complexity index is 783. The molecule has 1 aliphatic rings. The van der Waals surface area contributed by atoms with Crippen LogP contribution in [0.4, 0.5) is 0 Å². The molecule has 0 saturated carbocycles. The van der Waals surface area contributed by atoms with Crippen molar-refractivity contribution < 1.29 is 28.8 Å². The molecule has 6 heteroatoms. The van der Waals surface area contributed by atoms with Gasteiger partial charge in [-0.25, -0.2) is 0 Å². The summed E-state index contributed by atoms with van der Waals surface area (Å²) in [6.45, 7) is 0. The van der Waals surface area contributed by atoms with Crippen LogP contribution in [0, 0.1) is 0 Å². The molecule has 1 atom stereocenters. The Morgan fingerprint density at radius 1 is 1.12 bits per heavy atom. The molecule has 1 aliphatic heterocycles. The summed E-state index contributed by atoms with van der Waals surface area (Å²) in [5.74, 6) is 1.05. The maximum absolute atomic E-state index is 12.5. The van der Waals surface area contributed by atoms with E-state index in [0.29, 0.717) is 11.5 Å². The van der Waals surface area contributed by atoms with Gasteiger partial charge < -0.3 is 24.1 Å². The Hall–Kier alpha value is -2.89. The molecule has 0 radical (unpaired) electrons. The second-order valence-electron chi connectivity index (χ2n) is 5.35. The number of phenols is 1. The predicted molar refractivity (Wildman–Crippen MR) is 86.5 cm³/mol. The lowest BCUT2D eigenvalue weighted by molar-refractivity contribution is 0.0835. The first-order valence-corrected chi connectivity index (χ1v) is 7.40. The van der Waals surface area contributed by atoms with Crippen molar-refractivity contribution in [2.75, 3.05) is 21.3 Å². The van der Waals surface area contributed by atoms with Gasteiger partial charge in [-0.1, -0.05) is 12.1 Å². The maximum Gasteiger partial charge on any atom is 0.204 e. The fourth-order valence-corrected chi connectivity index (χ4v) is 2.81. The molecule has 1 unspecified atom stereocenters. The van der Waals surface area contributed by atoms with Crippen LogP contribution in [0.3, 0.4) is 0 Å². The van der Waals surface area contributed by atoms with Gasteiger partial charge in [0.15, 0.2) is 17.3 Å². The molecule has 1 N–H and O–H groups in total. The highest BCUT2D eigenvalue weighted by molar-refractivity contribution is 6.03. The number of fused-ring (bicyclic) bond motifs is 1. The van der Waals surface area contributed by atoms with Crippen molar-refractivity contribution in [2.45, 2.75) is 12.5 Å². The summed E-state index contributed by atoms with van der Waals surface area (Å²) in [6, 6.07) is 8.67. The molecule has 0 aromatic heterocycles. The number of ketones is 1. The van der Waals surface area contributed by atoms with Crippen molar-refractivity contribution in [3.05, 3.63) is 41.5 Å². The highest BCUT2D eigenvalue weighted by atomic mass is 16.5. The van der Waals surface area contributed by atoms with Gasteiger partial charge in [-0.3, -0.25) is 4.79 Å². The molecule has 0 spiro atoms. The Balaban J connectivity index is 2.08. The third-order valence-electron chi connectivity index (χ3n) is 3.98. The van der Waals surface area contributed by atoms with E-state index in [1.54, 1.807) is 7.11 Å². The normalized spacial score (nSPS) is 16.1. The second kappa shape index (κ2) is 6.31. The summed E-state index contributed by atoms with van der Waals surface area (Å²) >= 11 is 0. The predicted octanol–water partition coefficient (Wildman–Crippen LogP) is 3.12. The maximum atomic E-state index is 12.5. The van der Waals surface area contributed by atoms with Gasteiger partial charge in [0.2, 0.25) is 5.75 Å². The first-order valence-electron chi connectivity index (χ1n) is 7.40. The van der Waals surface area contributed by atoms with Crippen molar-refractivity contribution in [2.24, 2.45) is 0 Å². The monoisotopic (exact) mass is 330 g/mol. The molecule has 3 rings (SSSR count). The quantitative estimate of drug-likeness (QED) is 0.928. The van der Waals surface area contributed by atoms with E-state index >= 15 is 0 Å². The number of hydrogen-bond acceptors (Lipinski definition) is 6. The third kappa shape index (κ3) is 2.60. The summed E-state index contributed by atoms with van der Waals surface area (Å²) < 4.78 is 21.7. The van der Waals surface area contributed by atoms with Gasteiger partial charge >= 0.3 is 0 Å². The number of aromatic hydroxyl groups is 1. The largest absolute Gasteiger partial charge is 0.507 e. The van der Waals surface area contributed by atoms with Gasteiger partial charge in [0, 0.05) is 6.07 Å². The number of carbonyl (C=O) groups is 1. The number of benzene rings is 2. The number of Topliss-reactive ketones (excluding diaryl/α,β-unsaturated/α-hetero) is 1. The van der Waals surface area contributed by atoms with Gasteiger partial charge in [0.1, 0.15) is 23.2 Å². The molecule has 2 aromatic rings. The lowest BCUT2D eigenvalue weighted by atomic mass is 9.95. The van der Waals surface area contributed by atoms with Crippen molar-refractivity contribution in [1.29, 1.82) is 0 Å². The third-order valence-corrected chi connectivity index (χ3v) is 3.98. The molecular formula is C18H18O6. The number of hydrogen-bond donors (Lipinski definition) is 1. The van der Waals surface area contributed by atoms with E-state index < -0.39 is 6.10 Å². The van der Waals surface area contributed by atoms with E-state index in [0.717, 1.165) is 5.56 Å². The Morgan fingerprint density at radius 2 is 1.92 bits per heavy atom. The second-order valence-corrected chi connectivity index (χ2v) is 5.35. The topological polar surface area (TPSA) is 74.2 Å². The van der Waals surface area contributed by atoms with E-state index in [2.05, 4.69) is 0 Å². The van der Waals surface area contributed by atoms with E-state index in [-0.39, 0.29) is 35.0 Å². The highest BCUT2D eigenvalue weighted by Gasteiger charge is 2.34. The molecular weight excluding hydrogens is 312 g/mol. The van der Waals surface area contributed by atoms with E-state index in [9.17, 15) is 9.90 Å². The molecule has 0 bridgehead atoms. The van der Waals surface area contributed by atoms with Crippen LogP contribution in [0.25, 0.3) is 0 Å². The molecule has 1 heterocycles. The van der Waals surface area contributed by atoms with E-state index in [1.165, 1.54) is 20.3 Å². The molecule has 0 aliphatic carbocycles. The molecule has 6 nitrogen and oxygen atoms in total. The molecule has 0 amide bonds. The number of methoxy groups -OCH3 is 3. The van der Waals surface area contributed by atoms with Gasteiger partial charge in [-0.15, -0.1) is 0 Å². The SMILES string of the molecule is COc1cccc(C2CC(=O)c3c(O)cc(OC)c(OC)c3O2)c1. The van der Waals surface area contributed by atoms with Crippen molar-refractivity contribution in [3.63, 3.8) is 0 Å². The van der Waals surface area contributed by atoms with Crippen LogP contribution in [0.1, 0.15) is 28.4 Å². The van der Waals surface area contributed by atoms with Gasteiger partial charge in [0.05, 0.1) is 27.8 Å². The number of phenolic OH excluding ortho intramolecular Hbond substituents is 1. The standard InChI is InChI=1S/C18H18O6/c1-21-11-6-4-5-10(7-11)14-8-12(19)16-13(20)9-15(22-2)17(23-3)18(16)24-14/h4-7,9,14,20H,8H2,1-3H3. The van der Waals surface area contributed by atoms with Gasteiger partial charge in [0.25, 0.3) is 0 Å². The minimum atomic E-state index is -0.500. The van der Waals surface area contributed by atoms with Crippen molar-refractivity contribution in [3.8, 4) is 28.7 Å². The summed E-state index contributed by atoms with van der Waals surface area (Å²) in [7, 11) is 4.49. The smallest absolute Gasteiger partial charge is 0.204 e. The zero-order valence-corrected chi connectivity index (χ0v) is 13.7. The van der Waals surface area contributed by atoms with Crippen molar-refractivity contribution >= 4 is 5.78 Å². The first-order chi connectivity index (χ1) is 11.6. The number of carbonyl (C=O) groups excluding carboxylic acids is 1. The fourth-order valence-electron chi connectivity index (χ4n) is 2.81. The number of ether oxygens (including phenoxy) is 4.